The van der Waals surface area contributed by atoms with Gasteiger partial charge in [0.2, 0.25) is 0 Å². The lowest BCUT2D eigenvalue weighted by molar-refractivity contribution is 0.422. The molecular weight excluding hydrogens is 210 g/mol. The van der Waals surface area contributed by atoms with Crippen molar-refractivity contribution in [2.75, 3.05) is 6.54 Å². The van der Waals surface area contributed by atoms with Crippen LogP contribution in [0.25, 0.3) is 0 Å². The predicted octanol–water partition coefficient (Wildman–Crippen LogP) is 3.00. The summed E-state index contributed by atoms with van der Waals surface area (Å²) in [6.45, 7) is 10.9. The molecule has 0 spiro atoms. The van der Waals surface area contributed by atoms with Gasteiger partial charge in [-0.3, -0.25) is 4.68 Å². The second-order valence-electron chi connectivity index (χ2n) is 5.75. The topological polar surface area (TPSA) is 29.9 Å². The fourth-order valence-corrected chi connectivity index (χ4v) is 1.73. The molecule has 0 saturated carbocycles. The predicted molar refractivity (Wildman–Crippen MR) is 73.2 cm³/mol. The number of hydrogen-bond donors (Lipinski definition) is 1. The molecule has 0 bridgehead atoms. The van der Waals surface area contributed by atoms with Crippen LogP contribution in [0.1, 0.15) is 52.5 Å². The molecule has 0 amide bonds. The van der Waals surface area contributed by atoms with E-state index in [1.807, 2.05) is 6.20 Å². The molecule has 0 aliphatic heterocycles. The molecule has 98 valence electrons. The Morgan fingerprint density at radius 1 is 1.29 bits per heavy atom. The number of rotatable bonds is 7. The highest BCUT2D eigenvalue weighted by Gasteiger charge is 2.07. The summed E-state index contributed by atoms with van der Waals surface area (Å²) in [6, 6.07) is 0. The van der Waals surface area contributed by atoms with Gasteiger partial charge in [-0.1, -0.05) is 13.3 Å². The van der Waals surface area contributed by atoms with Gasteiger partial charge >= 0.3 is 0 Å². The zero-order chi connectivity index (χ0) is 12.7. The number of nitrogens with one attached hydrogen (secondary N) is 1. The van der Waals surface area contributed by atoms with E-state index in [1.165, 1.54) is 24.8 Å². The number of aromatic nitrogens is 2. The van der Waals surface area contributed by atoms with Gasteiger partial charge in [0.1, 0.15) is 0 Å². The Labute approximate surface area is 106 Å². The molecule has 0 aromatic carbocycles. The summed E-state index contributed by atoms with van der Waals surface area (Å²) in [6.07, 6.45) is 8.93. The first-order chi connectivity index (χ1) is 8.01. The summed E-state index contributed by atoms with van der Waals surface area (Å²) in [5, 5.41) is 7.88. The van der Waals surface area contributed by atoms with Crippen LogP contribution in [0.2, 0.25) is 0 Å². The maximum Gasteiger partial charge on any atom is 0.0521 e. The molecule has 1 aromatic rings. The standard InChI is InChI=1S/C14H27N3/c1-5-6-10-17-12-13(11-16-17)8-7-9-15-14(2,3)4/h11-12,15H,5-10H2,1-4H3. The second-order valence-corrected chi connectivity index (χ2v) is 5.75. The third-order valence-electron chi connectivity index (χ3n) is 2.73. The molecule has 3 heteroatoms. The van der Waals surface area contributed by atoms with Gasteiger partial charge in [-0.15, -0.1) is 0 Å². The Bertz CT molecular complexity index is 310. The van der Waals surface area contributed by atoms with Gasteiger partial charge in [0.25, 0.3) is 0 Å². The lowest BCUT2D eigenvalue weighted by atomic mass is 10.1. The van der Waals surface area contributed by atoms with Crippen molar-refractivity contribution in [1.29, 1.82) is 0 Å². The van der Waals surface area contributed by atoms with Crippen molar-refractivity contribution in [3.05, 3.63) is 18.0 Å². The van der Waals surface area contributed by atoms with E-state index in [1.54, 1.807) is 0 Å². The van der Waals surface area contributed by atoms with E-state index in [0.29, 0.717) is 0 Å². The van der Waals surface area contributed by atoms with Crippen LogP contribution in [0, 0.1) is 0 Å². The van der Waals surface area contributed by atoms with Crippen molar-refractivity contribution >= 4 is 0 Å². The van der Waals surface area contributed by atoms with Crippen LogP contribution in [0.4, 0.5) is 0 Å². The Morgan fingerprint density at radius 3 is 2.71 bits per heavy atom. The Balaban J connectivity index is 2.21. The van der Waals surface area contributed by atoms with Crippen LogP contribution >= 0.6 is 0 Å². The molecule has 1 aromatic heterocycles. The average molecular weight is 237 g/mol. The highest BCUT2D eigenvalue weighted by atomic mass is 15.3. The van der Waals surface area contributed by atoms with Crippen molar-refractivity contribution in [1.82, 2.24) is 15.1 Å². The van der Waals surface area contributed by atoms with Crippen molar-refractivity contribution in [3.8, 4) is 0 Å². The van der Waals surface area contributed by atoms with E-state index in [-0.39, 0.29) is 5.54 Å². The largest absolute Gasteiger partial charge is 0.312 e. The van der Waals surface area contributed by atoms with Crippen LogP contribution in [0.3, 0.4) is 0 Å². The van der Waals surface area contributed by atoms with Crippen molar-refractivity contribution in [2.45, 2.75) is 65.5 Å². The summed E-state index contributed by atoms with van der Waals surface area (Å²) < 4.78 is 2.07. The number of aryl methyl sites for hydroxylation is 2. The van der Waals surface area contributed by atoms with Gasteiger partial charge in [-0.2, -0.15) is 5.10 Å². The summed E-state index contributed by atoms with van der Waals surface area (Å²) in [4.78, 5) is 0. The maximum absolute atomic E-state index is 4.38. The molecule has 3 nitrogen and oxygen atoms in total. The molecule has 0 atom stereocenters. The van der Waals surface area contributed by atoms with Gasteiger partial charge in [0, 0.05) is 18.3 Å². The minimum atomic E-state index is 0.227. The first-order valence-electron chi connectivity index (χ1n) is 6.77. The van der Waals surface area contributed by atoms with Crippen LogP contribution < -0.4 is 5.32 Å². The molecule has 0 radical (unpaired) electrons. The summed E-state index contributed by atoms with van der Waals surface area (Å²) in [5.41, 5.74) is 1.59. The minimum absolute atomic E-state index is 0.227. The molecule has 17 heavy (non-hydrogen) atoms. The first-order valence-corrected chi connectivity index (χ1v) is 6.77. The molecule has 1 heterocycles. The molecule has 0 fully saturated rings. The van der Waals surface area contributed by atoms with Crippen LogP contribution in [-0.4, -0.2) is 21.9 Å². The van der Waals surface area contributed by atoms with E-state index in [4.69, 9.17) is 0 Å². The molecular formula is C14H27N3. The first kappa shape index (κ1) is 14.2. The zero-order valence-corrected chi connectivity index (χ0v) is 11.8. The summed E-state index contributed by atoms with van der Waals surface area (Å²) in [7, 11) is 0. The van der Waals surface area contributed by atoms with Crippen LogP contribution in [0.5, 0.6) is 0 Å². The zero-order valence-electron chi connectivity index (χ0n) is 11.8. The minimum Gasteiger partial charge on any atom is -0.312 e. The third kappa shape index (κ3) is 6.47. The van der Waals surface area contributed by atoms with Gasteiger partial charge in [-0.25, -0.2) is 0 Å². The molecule has 0 aliphatic carbocycles. The van der Waals surface area contributed by atoms with Crippen molar-refractivity contribution < 1.29 is 0 Å². The highest BCUT2D eigenvalue weighted by Crippen LogP contribution is 2.04. The SMILES string of the molecule is CCCCn1cc(CCCNC(C)(C)C)cn1. The van der Waals surface area contributed by atoms with Crippen LogP contribution in [-0.2, 0) is 13.0 Å². The number of hydrogen-bond acceptors (Lipinski definition) is 2. The Morgan fingerprint density at radius 2 is 2.06 bits per heavy atom. The fraction of sp³-hybridized carbons (Fsp3) is 0.786. The highest BCUT2D eigenvalue weighted by molar-refractivity contribution is 5.03. The maximum atomic E-state index is 4.38. The van der Waals surface area contributed by atoms with E-state index in [2.05, 4.69) is 49.0 Å². The van der Waals surface area contributed by atoms with E-state index >= 15 is 0 Å². The molecule has 0 aliphatic rings. The van der Waals surface area contributed by atoms with Gasteiger partial charge in [0.15, 0.2) is 0 Å². The van der Waals surface area contributed by atoms with Crippen LogP contribution in [0.15, 0.2) is 12.4 Å². The Kier molecular flexibility index (Phi) is 5.69. The normalized spacial score (nSPS) is 12.0. The number of unbranched alkanes of at least 4 members (excludes halogenated alkanes) is 1. The van der Waals surface area contributed by atoms with Gasteiger partial charge in [-0.05, 0) is 52.1 Å². The van der Waals surface area contributed by atoms with E-state index in [9.17, 15) is 0 Å². The smallest absolute Gasteiger partial charge is 0.0521 e. The lowest BCUT2D eigenvalue weighted by Gasteiger charge is -2.20. The molecule has 0 saturated heterocycles. The molecule has 0 unspecified atom stereocenters. The molecule has 1 rings (SSSR count). The quantitative estimate of drug-likeness (QED) is 0.739. The molecule has 1 N–H and O–H groups in total. The monoisotopic (exact) mass is 237 g/mol. The van der Waals surface area contributed by atoms with Gasteiger partial charge in [0.05, 0.1) is 6.20 Å². The Hall–Kier alpha value is -0.830. The van der Waals surface area contributed by atoms with Crippen molar-refractivity contribution in [2.24, 2.45) is 0 Å². The number of nitrogens with zero attached hydrogens (tertiary/aromatic N) is 2. The summed E-state index contributed by atoms with van der Waals surface area (Å²) >= 11 is 0. The van der Waals surface area contributed by atoms with E-state index < -0.39 is 0 Å². The average Bonchev–Trinajstić information content (AvgIpc) is 2.68. The fourth-order valence-electron chi connectivity index (χ4n) is 1.73. The summed E-state index contributed by atoms with van der Waals surface area (Å²) in [5.74, 6) is 0. The van der Waals surface area contributed by atoms with Crippen molar-refractivity contribution in [3.63, 3.8) is 0 Å². The van der Waals surface area contributed by atoms with E-state index in [0.717, 1.165) is 19.5 Å². The van der Waals surface area contributed by atoms with Gasteiger partial charge < -0.3 is 5.32 Å². The lowest BCUT2D eigenvalue weighted by Crippen LogP contribution is -2.36. The second kappa shape index (κ2) is 6.80. The third-order valence-corrected chi connectivity index (χ3v) is 2.73.